The number of aromatic hydroxyl groups is 1. The topological polar surface area (TPSA) is 73.4 Å². The van der Waals surface area contributed by atoms with Crippen molar-refractivity contribution in [2.24, 2.45) is 0 Å². The Morgan fingerprint density at radius 1 is 1.04 bits per heavy atom. The van der Waals surface area contributed by atoms with E-state index in [0.29, 0.717) is 11.2 Å². The number of thiocarbonyl (C=S) groups is 1. The van der Waals surface area contributed by atoms with E-state index < -0.39 is 5.91 Å². The van der Waals surface area contributed by atoms with Crippen molar-refractivity contribution in [3.63, 3.8) is 0 Å². The Bertz CT molecular complexity index is 757. The number of carbonyl (C=O) groups excluding carboxylic acids is 1. The summed E-state index contributed by atoms with van der Waals surface area (Å²) in [6.45, 7) is 0. The summed E-state index contributed by atoms with van der Waals surface area (Å²) in [4.78, 5) is 12.3. The first-order valence-electron chi connectivity index (χ1n) is 8.22. The predicted molar refractivity (Wildman–Crippen MR) is 98.8 cm³/mol. The quantitative estimate of drug-likeness (QED) is 0.498. The molecule has 1 amide bonds. The first-order chi connectivity index (χ1) is 11.6. The molecule has 5 nitrogen and oxygen atoms in total. The molecule has 1 saturated carbocycles. The van der Waals surface area contributed by atoms with Crippen molar-refractivity contribution in [3.8, 4) is 5.75 Å². The molecule has 0 bridgehead atoms. The van der Waals surface area contributed by atoms with E-state index in [2.05, 4.69) is 16.2 Å². The van der Waals surface area contributed by atoms with Crippen molar-refractivity contribution in [1.82, 2.24) is 16.2 Å². The first-order valence-corrected chi connectivity index (χ1v) is 8.63. The molecule has 0 saturated heterocycles. The Morgan fingerprint density at radius 3 is 2.42 bits per heavy atom. The zero-order valence-corrected chi connectivity index (χ0v) is 14.2. The number of nitrogens with one attached hydrogen (secondary N) is 3. The highest BCUT2D eigenvalue weighted by Crippen LogP contribution is 2.24. The van der Waals surface area contributed by atoms with E-state index in [9.17, 15) is 9.90 Å². The number of carbonyl (C=O) groups is 1. The molecular weight excluding hydrogens is 322 g/mol. The molecule has 1 aliphatic rings. The van der Waals surface area contributed by atoms with E-state index >= 15 is 0 Å². The molecule has 0 aliphatic heterocycles. The highest BCUT2D eigenvalue weighted by molar-refractivity contribution is 7.80. The van der Waals surface area contributed by atoms with Crippen LogP contribution in [0.3, 0.4) is 0 Å². The number of benzene rings is 2. The molecule has 6 heteroatoms. The van der Waals surface area contributed by atoms with Crippen molar-refractivity contribution >= 4 is 34.0 Å². The number of phenols is 1. The molecule has 126 valence electrons. The minimum absolute atomic E-state index is 0.0563. The van der Waals surface area contributed by atoms with Gasteiger partial charge in [0.25, 0.3) is 5.91 Å². The molecule has 0 spiro atoms. The molecule has 1 fully saturated rings. The zero-order valence-electron chi connectivity index (χ0n) is 13.3. The van der Waals surface area contributed by atoms with Crippen LogP contribution in [0.4, 0.5) is 0 Å². The number of hydrogen-bond donors (Lipinski definition) is 4. The third-order valence-electron chi connectivity index (χ3n) is 4.34. The van der Waals surface area contributed by atoms with Crippen LogP contribution in [0.5, 0.6) is 5.75 Å². The Kier molecular flexibility index (Phi) is 5.15. The largest absolute Gasteiger partial charge is 0.507 e. The van der Waals surface area contributed by atoms with E-state index in [0.717, 1.165) is 23.6 Å². The van der Waals surface area contributed by atoms with Crippen molar-refractivity contribution in [2.45, 2.75) is 38.1 Å². The number of phenolic OH excluding ortho intramolecular Hbond substituents is 1. The summed E-state index contributed by atoms with van der Waals surface area (Å²) in [7, 11) is 0. The fraction of sp³-hybridized carbons (Fsp3) is 0.333. The summed E-state index contributed by atoms with van der Waals surface area (Å²) in [5.74, 6) is -0.481. The van der Waals surface area contributed by atoms with Crippen molar-refractivity contribution in [1.29, 1.82) is 0 Å². The predicted octanol–water partition coefficient (Wildman–Crippen LogP) is 2.99. The van der Waals surface area contributed by atoms with Crippen molar-refractivity contribution in [2.75, 3.05) is 0 Å². The van der Waals surface area contributed by atoms with Gasteiger partial charge >= 0.3 is 0 Å². The van der Waals surface area contributed by atoms with Crippen LogP contribution in [0.2, 0.25) is 0 Å². The molecule has 2 aromatic carbocycles. The standard InChI is InChI=1S/C18H21N3O2S/c22-16-11-13-7-5-4-6-12(13)10-15(16)17(23)20-21-18(24)19-14-8-2-1-3-9-14/h4-7,10-11,14,22H,1-3,8-9H2,(H,20,23)(H2,19,21,24). The molecule has 24 heavy (non-hydrogen) atoms. The lowest BCUT2D eigenvalue weighted by Crippen LogP contribution is -2.50. The number of amides is 1. The molecule has 0 radical (unpaired) electrons. The smallest absolute Gasteiger partial charge is 0.273 e. The lowest BCUT2D eigenvalue weighted by molar-refractivity contribution is 0.0941. The summed E-state index contributed by atoms with van der Waals surface area (Å²) >= 11 is 5.21. The Morgan fingerprint density at radius 2 is 1.71 bits per heavy atom. The number of fused-ring (bicyclic) bond motifs is 1. The van der Waals surface area contributed by atoms with Crippen LogP contribution >= 0.6 is 12.2 Å². The van der Waals surface area contributed by atoms with E-state index in [1.54, 1.807) is 12.1 Å². The van der Waals surface area contributed by atoms with Gasteiger partial charge in [0.1, 0.15) is 5.75 Å². The van der Waals surface area contributed by atoms with Crippen molar-refractivity contribution < 1.29 is 9.90 Å². The molecule has 0 unspecified atom stereocenters. The van der Waals surface area contributed by atoms with Crippen LogP contribution in [0.25, 0.3) is 10.8 Å². The fourth-order valence-electron chi connectivity index (χ4n) is 3.06. The van der Waals surface area contributed by atoms with Crippen molar-refractivity contribution in [3.05, 3.63) is 42.0 Å². The minimum Gasteiger partial charge on any atom is -0.507 e. The normalized spacial score (nSPS) is 15.0. The van der Waals surface area contributed by atoms with Gasteiger partial charge in [0, 0.05) is 6.04 Å². The summed E-state index contributed by atoms with van der Waals surface area (Å²) in [5, 5.41) is 15.5. The molecule has 0 heterocycles. The fourth-order valence-corrected chi connectivity index (χ4v) is 3.28. The maximum absolute atomic E-state index is 12.3. The van der Waals surface area contributed by atoms with Crippen LogP contribution in [-0.4, -0.2) is 22.2 Å². The highest BCUT2D eigenvalue weighted by atomic mass is 32.1. The molecule has 4 N–H and O–H groups in total. The van der Waals surface area contributed by atoms with Gasteiger partial charge in [0.05, 0.1) is 5.56 Å². The van der Waals surface area contributed by atoms with Gasteiger partial charge in [0.2, 0.25) is 0 Å². The van der Waals surface area contributed by atoms with E-state index in [4.69, 9.17) is 12.2 Å². The van der Waals surface area contributed by atoms with Gasteiger partial charge in [-0.2, -0.15) is 0 Å². The summed E-state index contributed by atoms with van der Waals surface area (Å²) in [6.07, 6.45) is 5.88. The molecule has 1 aliphatic carbocycles. The summed E-state index contributed by atoms with van der Waals surface area (Å²) in [6, 6.07) is 11.2. The maximum atomic E-state index is 12.3. The van der Waals surface area contributed by atoms with Crippen LogP contribution < -0.4 is 16.2 Å². The minimum atomic E-state index is -0.425. The van der Waals surface area contributed by atoms with Gasteiger partial charge in [-0.3, -0.25) is 15.6 Å². The van der Waals surface area contributed by atoms with E-state index in [1.165, 1.54) is 19.3 Å². The van der Waals surface area contributed by atoms with Crippen LogP contribution in [0.15, 0.2) is 36.4 Å². The average Bonchev–Trinajstić information content (AvgIpc) is 2.60. The van der Waals surface area contributed by atoms with Gasteiger partial charge in [-0.25, -0.2) is 0 Å². The number of hydrazine groups is 1. The monoisotopic (exact) mass is 343 g/mol. The highest BCUT2D eigenvalue weighted by Gasteiger charge is 2.15. The second-order valence-corrected chi connectivity index (χ2v) is 6.51. The third kappa shape index (κ3) is 3.94. The van der Waals surface area contributed by atoms with Gasteiger partial charge in [-0.1, -0.05) is 43.5 Å². The van der Waals surface area contributed by atoms with E-state index in [-0.39, 0.29) is 11.3 Å². The second kappa shape index (κ2) is 7.49. The molecule has 3 rings (SSSR count). The summed E-state index contributed by atoms with van der Waals surface area (Å²) < 4.78 is 0. The van der Waals surface area contributed by atoms with Gasteiger partial charge in [-0.05, 0) is 48.0 Å². The Labute approximate surface area is 146 Å². The zero-order chi connectivity index (χ0) is 16.9. The van der Waals surface area contributed by atoms with E-state index in [1.807, 2.05) is 24.3 Å². The molecule has 0 aromatic heterocycles. The molecular formula is C18H21N3O2S. The van der Waals surface area contributed by atoms with Gasteiger partial charge in [0.15, 0.2) is 5.11 Å². The van der Waals surface area contributed by atoms with Gasteiger partial charge < -0.3 is 10.4 Å². The molecule has 0 atom stereocenters. The lowest BCUT2D eigenvalue weighted by Gasteiger charge is -2.24. The second-order valence-electron chi connectivity index (χ2n) is 6.10. The average molecular weight is 343 g/mol. The first kappa shape index (κ1) is 16.5. The lowest BCUT2D eigenvalue weighted by atomic mass is 9.96. The molecule has 2 aromatic rings. The SMILES string of the molecule is O=C(NNC(=S)NC1CCCCC1)c1cc2ccccc2cc1O. The van der Waals surface area contributed by atoms with Crippen LogP contribution in [0.1, 0.15) is 42.5 Å². The number of hydrogen-bond acceptors (Lipinski definition) is 3. The maximum Gasteiger partial charge on any atom is 0.273 e. The Hall–Kier alpha value is -2.34. The third-order valence-corrected chi connectivity index (χ3v) is 4.56. The number of rotatable bonds is 2. The van der Waals surface area contributed by atoms with Crippen LogP contribution in [0, 0.1) is 0 Å². The summed E-state index contributed by atoms with van der Waals surface area (Å²) in [5.41, 5.74) is 5.46. The van der Waals surface area contributed by atoms with Crippen LogP contribution in [-0.2, 0) is 0 Å². The Balaban J connectivity index is 1.60. The van der Waals surface area contributed by atoms with Gasteiger partial charge in [-0.15, -0.1) is 0 Å².